The molecule has 2 atom stereocenters. The van der Waals surface area contributed by atoms with Crippen LogP contribution < -0.4 is 0 Å². The number of carbonyl (C=O) groups excluding carboxylic acids is 1. The highest BCUT2D eigenvalue weighted by Gasteiger charge is 2.32. The molecule has 0 saturated carbocycles. The molecular weight excluding hydrogens is 305 g/mol. The number of benzene rings is 1. The minimum atomic E-state index is -4.51. The quantitative estimate of drug-likeness (QED) is 0.752. The second-order valence-electron chi connectivity index (χ2n) is 4.48. The molecule has 0 aliphatic carbocycles. The van der Waals surface area contributed by atoms with Gasteiger partial charge in [0.2, 0.25) is 0 Å². The first-order chi connectivity index (χ1) is 9.81. The minimum Gasteiger partial charge on any atom is -0.468 e. The smallest absolute Gasteiger partial charge is 0.416 e. The fourth-order valence-electron chi connectivity index (χ4n) is 1.80. The number of esters is 1. The van der Waals surface area contributed by atoms with E-state index in [0.717, 1.165) is 18.6 Å². The number of hydrogen-bond donors (Lipinski definition) is 0. The van der Waals surface area contributed by atoms with Crippen molar-refractivity contribution >= 4 is 16.8 Å². The van der Waals surface area contributed by atoms with Gasteiger partial charge in [-0.1, -0.05) is 25.8 Å². The first kappa shape index (κ1) is 17.7. The van der Waals surface area contributed by atoms with Crippen LogP contribution in [0.1, 0.15) is 31.7 Å². The van der Waals surface area contributed by atoms with Gasteiger partial charge in [-0.25, -0.2) is 0 Å². The molecule has 1 rings (SSSR count). The van der Waals surface area contributed by atoms with Crippen LogP contribution in [0.15, 0.2) is 29.2 Å². The van der Waals surface area contributed by atoms with Gasteiger partial charge in [-0.2, -0.15) is 13.2 Å². The minimum absolute atomic E-state index is 0.0173. The van der Waals surface area contributed by atoms with Gasteiger partial charge >= 0.3 is 12.1 Å². The largest absolute Gasteiger partial charge is 0.468 e. The highest BCUT2D eigenvalue weighted by Crippen LogP contribution is 2.31. The standard InChI is InChI=1S/C14H17F3O3S/c1-3-4-8-12(13(18)20-2)21(19)11-7-5-6-10(9-11)14(15,16)17/h5-7,9,12H,3-4,8H2,1-2H3. The van der Waals surface area contributed by atoms with E-state index in [1.807, 2.05) is 6.92 Å². The molecule has 0 spiro atoms. The lowest BCUT2D eigenvalue weighted by Crippen LogP contribution is -2.27. The average Bonchev–Trinajstić information content (AvgIpc) is 2.46. The van der Waals surface area contributed by atoms with E-state index in [9.17, 15) is 22.2 Å². The number of methoxy groups -OCH3 is 1. The van der Waals surface area contributed by atoms with E-state index in [-0.39, 0.29) is 4.90 Å². The van der Waals surface area contributed by atoms with E-state index in [2.05, 4.69) is 4.74 Å². The monoisotopic (exact) mass is 322 g/mol. The molecular formula is C14H17F3O3S. The van der Waals surface area contributed by atoms with Crippen LogP contribution in [0.2, 0.25) is 0 Å². The summed E-state index contributed by atoms with van der Waals surface area (Å²) >= 11 is 0. The van der Waals surface area contributed by atoms with Crippen molar-refractivity contribution in [3.8, 4) is 0 Å². The SMILES string of the molecule is CCCCC(C(=O)OC)S(=O)c1cccc(C(F)(F)F)c1. The summed E-state index contributed by atoms with van der Waals surface area (Å²) in [6.07, 6.45) is -2.77. The molecule has 1 aromatic rings. The van der Waals surface area contributed by atoms with E-state index in [0.29, 0.717) is 12.8 Å². The summed E-state index contributed by atoms with van der Waals surface area (Å²) in [4.78, 5) is 11.7. The molecule has 0 bridgehead atoms. The number of halogens is 3. The molecule has 0 aliphatic heterocycles. The van der Waals surface area contributed by atoms with Crippen molar-refractivity contribution in [2.24, 2.45) is 0 Å². The van der Waals surface area contributed by atoms with Crippen LogP contribution in [0, 0.1) is 0 Å². The summed E-state index contributed by atoms with van der Waals surface area (Å²) < 4.78 is 55.0. The van der Waals surface area contributed by atoms with Gasteiger partial charge < -0.3 is 4.74 Å². The van der Waals surface area contributed by atoms with Gasteiger partial charge in [-0.15, -0.1) is 0 Å². The molecule has 3 nitrogen and oxygen atoms in total. The molecule has 0 aromatic heterocycles. The fourth-order valence-corrected chi connectivity index (χ4v) is 3.23. The van der Waals surface area contributed by atoms with Gasteiger partial charge in [-0.3, -0.25) is 9.00 Å². The number of carbonyl (C=O) groups is 1. The average molecular weight is 322 g/mol. The van der Waals surface area contributed by atoms with Gasteiger partial charge in [0.1, 0.15) is 5.25 Å². The first-order valence-electron chi connectivity index (χ1n) is 6.47. The molecule has 0 radical (unpaired) electrons. The van der Waals surface area contributed by atoms with Gasteiger partial charge in [0.05, 0.1) is 23.5 Å². The van der Waals surface area contributed by atoms with Gasteiger partial charge in [0.15, 0.2) is 0 Å². The lowest BCUT2D eigenvalue weighted by Gasteiger charge is -2.15. The van der Waals surface area contributed by atoms with E-state index in [1.165, 1.54) is 19.2 Å². The number of ether oxygens (including phenoxy) is 1. The zero-order valence-corrected chi connectivity index (χ0v) is 12.6. The summed E-state index contributed by atoms with van der Waals surface area (Å²) in [6.45, 7) is 1.90. The molecule has 7 heteroatoms. The number of hydrogen-bond acceptors (Lipinski definition) is 3. The molecule has 118 valence electrons. The fraction of sp³-hybridized carbons (Fsp3) is 0.500. The van der Waals surface area contributed by atoms with E-state index in [1.54, 1.807) is 0 Å². The summed E-state index contributed by atoms with van der Waals surface area (Å²) in [5, 5.41) is -0.946. The first-order valence-corrected chi connectivity index (χ1v) is 7.68. The second kappa shape index (κ2) is 7.59. The van der Waals surface area contributed by atoms with Crippen LogP contribution in [0.3, 0.4) is 0 Å². The summed E-state index contributed by atoms with van der Waals surface area (Å²) in [6, 6.07) is 4.23. The van der Waals surface area contributed by atoms with Crippen LogP contribution >= 0.6 is 0 Å². The number of unbranched alkanes of at least 4 members (excludes halogenated alkanes) is 1. The lowest BCUT2D eigenvalue weighted by atomic mass is 10.2. The molecule has 0 N–H and O–H groups in total. The maximum atomic E-state index is 12.7. The van der Waals surface area contributed by atoms with E-state index >= 15 is 0 Å². The van der Waals surface area contributed by atoms with Gasteiger partial charge in [0.25, 0.3) is 0 Å². The molecule has 2 unspecified atom stereocenters. The third-order valence-electron chi connectivity index (χ3n) is 2.94. The lowest BCUT2D eigenvalue weighted by molar-refractivity contribution is -0.140. The molecule has 0 heterocycles. The van der Waals surface area contributed by atoms with Crippen LogP contribution in [-0.2, 0) is 26.5 Å². The summed E-state index contributed by atoms with van der Waals surface area (Å²) in [7, 11) is -0.701. The molecule has 0 fully saturated rings. The number of rotatable bonds is 6. The molecule has 0 saturated heterocycles. The van der Waals surface area contributed by atoms with Crippen molar-refractivity contribution in [3.63, 3.8) is 0 Å². The zero-order valence-electron chi connectivity index (χ0n) is 11.8. The third-order valence-corrected chi connectivity index (χ3v) is 4.60. The van der Waals surface area contributed by atoms with Crippen molar-refractivity contribution in [1.82, 2.24) is 0 Å². The summed E-state index contributed by atoms with van der Waals surface area (Å²) in [5.74, 6) is -0.667. The predicted molar refractivity (Wildman–Crippen MR) is 73.2 cm³/mol. The van der Waals surface area contributed by atoms with Crippen molar-refractivity contribution in [1.29, 1.82) is 0 Å². The van der Waals surface area contributed by atoms with Crippen LogP contribution in [0.4, 0.5) is 13.2 Å². The third kappa shape index (κ3) is 4.84. The maximum absolute atomic E-state index is 12.7. The maximum Gasteiger partial charge on any atom is 0.416 e. The van der Waals surface area contributed by atoms with Gasteiger partial charge in [-0.05, 0) is 24.6 Å². The van der Waals surface area contributed by atoms with Gasteiger partial charge in [0, 0.05) is 4.90 Å². The van der Waals surface area contributed by atoms with Crippen molar-refractivity contribution < 1.29 is 26.9 Å². The molecule has 21 heavy (non-hydrogen) atoms. The normalized spacial score (nSPS) is 14.5. The van der Waals surface area contributed by atoms with E-state index in [4.69, 9.17) is 0 Å². The van der Waals surface area contributed by atoms with Crippen LogP contribution in [-0.4, -0.2) is 22.5 Å². The zero-order chi connectivity index (χ0) is 16.0. The summed E-state index contributed by atoms with van der Waals surface area (Å²) in [5.41, 5.74) is -0.882. The van der Waals surface area contributed by atoms with Crippen molar-refractivity contribution in [2.45, 2.75) is 42.5 Å². The second-order valence-corrected chi connectivity index (χ2v) is 6.11. The Morgan fingerprint density at radius 1 is 1.38 bits per heavy atom. The molecule has 1 aromatic carbocycles. The Hall–Kier alpha value is -1.37. The Kier molecular flexibility index (Phi) is 6.39. The highest BCUT2D eigenvalue weighted by atomic mass is 32.2. The highest BCUT2D eigenvalue weighted by molar-refractivity contribution is 7.86. The predicted octanol–water partition coefficient (Wildman–Crippen LogP) is 3.54. The van der Waals surface area contributed by atoms with Crippen molar-refractivity contribution in [2.75, 3.05) is 7.11 Å². The Labute approximate surface area is 123 Å². The van der Waals surface area contributed by atoms with Crippen LogP contribution in [0.5, 0.6) is 0 Å². The molecule has 0 amide bonds. The molecule has 0 aliphatic rings. The van der Waals surface area contributed by atoms with E-state index < -0.39 is 33.8 Å². The Balaban J connectivity index is 3.06. The van der Waals surface area contributed by atoms with Crippen LogP contribution in [0.25, 0.3) is 0 Å². The Morgan fingerprint density at radius 2 is 2.05 bits per heavy atom. The van der Waals surface area contributed by atoms with Crippen molar-refractivity contribution in [3.05, 3.63) is 29.8 Å². The topological polar surface area (TPSA) is 43.4 Å². The number of alkyl halides is 3. The Morgan fingerprint density at radius 3 is 2.57 bits per heavy atom. The Bertz CT molecular complexity index is 514.